The number of rotatable bonds is 7. The number of likely N-dealkylation sites (tertiary alicyclic amines) is 1. The summed E-state index contributed by atoms with van der Waals surface area (Å²) in [5.41, 5.74) is 0. The molecule has 1 aliphatic rings. The molecule has 0 spiro atoms. The number of carbonyl (C=O) groups is 2. The zero-order valence-corrected chi connectivity index (χ0v) is 13.1. The predicted octanol–water partition coefficient (Wildman–Crippen LogP) is 0.646. The SMILES string of the molecule is O=C(NCCNc1cnccn1)[C@H]1CC(=O)N(Cc2ccco2)C1. The summed E-state index contributed by atoms with van der Waals surface area (Å²) >= 11 is 0. The van der Waals surface area contributed by atoms with Gasteiger partial charge in [0.15, 0.2) is 0 Å². The third kappa shape index (κ3) is 4.09. The van der Waals surface area contributed by atoms with E-state index in [1.165, 1.54) is 0 Å². The number of aromatic nitrogens is 2. The Morgan fingerprint density at radius 2 is 2.29 bits per heavy atom. The maximum absolute atomic E-state index is 12.2. The van der Waals surface area contributed by atoms with Crippen LogP contribution in [0.1, 0.15) is 12.2 Å². The Kier molecular flexibility index (Phi) is 5.05. The monoisotopic (exact) mass is 329 g/mol. The molecule has 0 aliphatic carbocycles. The van der Waals surface area contributed by atoms with Crippen molar-refractivity contribution < 1.29 is 14.0 Å². The fourth-order valence-corrected chi connectivity index (χ4v) is 2.60. The second kappa shape index (κ2) is 7.58. The van der Waals surface area contributed by atoms with Gasteiger partial charge < -0.3 is 20.0 Å². The van der Waals surface area contributed by atoms with Gasteiger partial charge in [0.25, 0.3) is 0 Å². The molecular formula is C16H19N5O3. The zero-order valence-electron chi connectivity index (χ0n) is 13.1. The van der Waals surface area contributed by atoms with Crippen LogP contribution < -0.4 is 10.6 Å². The molecule has 1 saturated heterocycles. The molecule has 0 radical (unpaired) electrons. The van der Waals surface area contributed by atoms with E-state index in [0.717, 1.165) is 5.76 Å². The number of anilines is 1. The molecule has 1 fully saturated rings. The molecule has 8 nitrogen and oxygen atoms in total. The van der Waals surface area contributed by atoms with Gasteiger partial charge >= 0.3 is 0 Å². The molecule has 2 aromatic heterocycles. The van der Waals surface area contributed by atoms with E-state index in [-0.39, 0.29) is 24.2 Å². The van der Waals surface area contributed by atoms with Gasteiger partial charge in [0, 0.05) is 38.4 Å². The summed E-state index contributed by atoms with van der Waals surface area (Å²) in [6.45, 7) is 1.83. The molecule has 2 aromatic rings. The summed E-state index contributed by atoms with van der Waals surface area (Å²) < 4.78 is 5.25. The Hall–Kier alpha value is -2.90. The topological polar surface area (TPSA) is 100 Å². The van der Waals surface area contributed by atoms with Crippen LogP contribution in [0.25, 0.3) is 0 Å². The lowest BCUT2D eigenvalue weighted by Gasteiger charge is -2.15. The van der Waals surface area contributed by atoms with E-state index in [1.54, 1.807) is 35.8 Å². The number of hydrogen-bond acceptors (Lipinski definition) is 6. The average molecular weight is 329 g/mol. The normalized spacial score (nSPS) is 17.1. The predicted molar refractivity (Wildman–Crippen MR) is 85.8 cm³/mol. The molecule has 3 heterocycles. The summed E-state index contributed by atoms with van der Waals surface area (Å²) in [5, 5.41) is 5.90. The second-order valence-corrected chi connectivity index (χ2v) is 5.56. The molecule has 0 saturated carbocycles. The van der Waals surface area contributed by atoms with Gasteiger partial charge in [-0.15, -0.1) is 0 Å². The fraction of sp³-hybridized carbons (Fsp3) is 0.375. The van der Waals surface area contributed by atoms with Crippen molar-refractivity contribution in [2.24, 2.45) is 5.92 Å². The number of hydrogen-bond donors (Lipinski definition) is 2. The van der Waals surface area contributed by atoms with Crippen LogP contribution in [0.15, 0.2) is 41.4 Å². The molecule has 0 aromatic carbocycles. The first-order valence-electron chi connectivity index (χ1n) is 7.80. The molecule has 2 N–H and O–H groups in total. The molecule has 24 heavy (non-hydrogen) atoms. The molecule has 2 amide bonds. The Labute approximate surface area is 139 Å². The summed E-state index contributed by atoms with van der Waals surface area (Å²) in [6.07, 6.45) is 6.62. The molecule has 1 aliphatic heterocycles. The summed E-state index contributed by atoms with van der Waals surface area (Å²) in [7, 11) is 0. The third-order valence-corrected chi connectivity index (χ3v) is 3.81. The van der Waals surface area contributed by atoms with E-state index in [4.69, 9.17) is 4.42 Å². The molecule has 1 atom stereocenters. The van der Waals surface area contributed by atoms with Crippen molar-refractivity contribution in [1.29, 1.82) is 0 Å². The highest BCUT2D eigenvalue weighted by atomic mass is 16.3. The minimum Gasteiger partial charge on any atom is -0.467 e. The second-order valence-electron chi connectivity index (χ2n) is 5.56. The van der Waals surface area contributed by atoms with Gasteiger partial charge in [-0.25, -0.2) is 4.98 Å². The highest BCUT2D eigenvalue weighted by Crippen LogP contribution is 2.20. The van der Waals surface area contributed by atoms with Gasteiger partial charge in [0.05, 0.1) is 24.9 Å². The summed E-state index contributed by atoms with van der Waals surface area (Å²) in [5.74, 6) is 0.935. The van der Waals surface area contributed by atoms with Gasteiger partial charge in [-0.3, -0.25) is 14.6 Å². The highest BCUT2D eigenvalue weighted by Gasteiger charge is 2.34. The summed E-state index contributed by atoms with van der Waals surface area (Å²) in [6, 6.07) is 3.60. The van der Waals surface area contributed by atoms with Crippen LogP contribution in [0, 0.1) is 5.92 Å². The first-order chi connectivity index (χ1) is 11.7. The fourth-order valence-electron chi connectivity index (χ4n) is 2.60. The molecule has 8 heteroatoms. The van der Waals surface area contributed by atoms with Gasteiger partial charge in [0.1, 0.15) is 11.6 Å². The van der Waals surface area contributed by atoms with Gasteiger partial charge in [-0.05, 0) is 12.1 Å². The number of carbonyl (C=O) groups excluding carboxylic acids is 2. The quantitative estimate of drug-likeness (QED) is 0.723. The van der Waals surface area contributed by atoms with Gasteiger partial charge in [-0.1, -0.05) is 0 Å². The van der Waals surface area contributed by atoms with E-state index in [0.29, 0.717) is 32.0 Å². The minimum absolute atomic E-state index is 0.0239. The van der Waals surface area contributed by atoms with E-state index in [9.17, 15) is 9.59 Å². The van der Waals surface area contributed by atoms with E-state index < -0.39 is 0 Å². The lowest BCUT2D eigenvalue weighted by molar-refractivity contribution is -0.129. The smallest absolute Gasteiger partial charge is 0.225 e. The Morgan fingerprint density at radius 3 is 3.04 bits per heavy atom. The first-order valence-corrected chi connectivity index (χ1v) is 7.80. The lowest BCUT2D eigenvalue weighted by Crippen LogP contribution is -2.35. The molecule has 0 bridgehead atoms. The average Bonchev–Trinajstić information content (AvgIpc) is 3.23. The Morgan fingerprint density at radius 1 is 1.38 bits per heavy atom. The third-order valence-electron chi connectivity index (χ3n) is 3.81. The van der Waals surface area contributed by atoms with Gasteiger partial charge in [-0.2, -0.15) is 0 Å². The van der Waals surface area contributed by atoms with Crippen molar-refractivity contribution in [3.8, 4) is 0 Å². The molecule has 0 unspecified atom stereocenters. The maximum Gasteiger partial charge on any atom is 0.225 e. The maximum atomic E-state index is 12.2. The molecule has 3 rings (SSSR count). The van der Waals surface area contributed by atoms with Crippen molar-refractivity contribution >= 4 is 17.6 Å². The van der Waals surface area contributed by atoms with Crippen LogP contribution in [0.5, 0.6) is 0 Å². The van der Waals surface area contributed by atoms with Crippen LogP contribution >= 0.6 is 0 Å². The van der Waals surface area contributed by atoms with Crippen LogP contribution in [0.2, 0.25) is 0 Å². The van der Waals surface area contributed by atoms with Crippen LogP contribution in [0.4, 0.5) is 5.82 Å². The molecule has 126 valence electrons. The Balaban J connectivity index is 1.40. The van der Waals surface area contributed by atoms with Crippen LogP contribution in [0.3, 0.4) is 0 Å². The number of nitrogens with zero attached hydrogens (tertiary/aromatic N) is 3. The van der Waals surface area contributed by atoms with Crippen molar-refractivity contribution in [3.63, 3.8) is 0 Å². The van der Waals surface area contributed by atoms with Crippen molar-refractivity contribution in [2.75, 3.05) is 25.0 Å². The van der Waals surface area contributed by atoms with Crippen molar-refractivity contribution in [2.45, 2.75) is 13.0 Å². The number of amides is 2. The number of nitrogens with one attached hydrogen (secondary N) is 2. The standard InChI is InChI=1S/C16H19N5O3/c22-15-8-12(10-21(15)11-13-2-1-7-24-13)16(23)20-6-5-19-14-9-17-3-4-18-14/h1-4,7,9,12H,5-6,8,10-11H2,(H,18,19)(H,20,23)/t12-/m0/s1. The summed E-state index contributed by atoms with van der Waals surface area (Å²) in [4.78, 5) is 33.9. The zero-order chi connectivity index (χ0) is 16.8. The first kappa shape index (κ1) is 16.0. The van der Waals surface area contributed by atoms with E-state index >= 15 is 0 Å². The van der Waals surface area contributed by atoms with Gasteiger partial charge in [0.2, 0.25) is 11.8 Å². The van der Waals surface area contributed by atoms with Crippen molar-refractivity contribution in [1.82, 2.24) is 20.2 Å². The molecular weight excluding hydrogens is 310 g/mol. The van der Waals surface area contributed by atoms with Crippen LogP contribution in [-0.4, -0.2) is 46.3 Å². The van der Waals surface area contributed by atoms with E-state index in [1.807, 2.05) is 6.07 Å². The van der Waals surface area contributed by atoms with E-state index in [2.05, 4.69) is 20.6 Å². The minimum atomic E-state index is -0.316. The largest absolute Gasteiger partial charge is 0.467 e. The Bertz CT molecular complexity index is 674. The van der Waals surface area contributed by atoms with Crippen molar-refractivity contribution in [3.05, 3.63) is 42.7 Å². The number of furan rings is 1. The highest BCUT2D eigenvalue weighted by molar-refractivity contribution is 5.89. The van der Waals surface area contributed by atoms with Crippen LogP contribution in [-0.2, 0) is 16.1 Å². The lowest BCUT2D eigenvalue weighted by atomic mass is 10.1.